The van der Waals surface area contributed by atoms with Gasteiger partial charge < -0.3 is 19.3 Å². The number of aromatic carboxylic acids is 1. The van der Waals surface area contributed by atoms with Crippen LogP contribution in [0.2, 0.25) is 0 Å². The highest BCUT2D eigenvalue weighted by atomic mass is 16.5. The Morgan fingerprint density at radius 1 is 0.630 bits per heavy atom. The Balaban J connectivity index is 1.04. The standard InChI is InChI=1S/C39H46O7/c1-2-3-4-5-6-7-8-9-22-44-34-18-14-27(15-19-34)38(42)45-35-21-17-29-24-33(13-11-31(29)26-35)39(43)46-36-20-16-28-23-32(37(40)41)12-10-30(28)25-36/h10-15,18-19,23-24,35-36H,2-9,16-17,20-22,25-26H2,1H3,(H,40,41). The van der Waals surface area contributed by atoms with Crippen LogP contribution in [0, 0.1) is 0 Å². The van der Waals surface area contributed by atoms with Gasteiger partial charge in [-0.15, -0.1) is 0 Å². The number of hydrogen-bond acceptors (Lipinski definition) is 6. The molecule has 2 unspecified atom stereocenters. The third-order valence-electron chi connectivity index (χ3n) is 9.17. The van der Waals surface area contributed by atoms with Crippen molar-refractivity contribution in [1.82, 2.24) is 0 Å². The van der Waals surface area contributed by atoms with Gasteiger partial charge in [0, 0.05) is 12.8 Å². The van der Waals surface area contributed by atoms with Gasteiger partial charge in [-0.1, -0.05) is 64.0 Å². The van der Waals surface area contributed by atoms with Crippen LogP contribution in [0.15, 0.2) is 60.7 Å². The molecule has 2 aliphatic carbocycles. The smallest absolute Gasteiger partial charge is 0.338 e. The maximum atomic E-state index is 13.0. The van der Waals surface area contributed by atoms with Crippen molar-refractivity contribution >= 4 is 17.9 Å². The molecule has 1 N–H and O–H groups in total. The molecular weight excluding hydrogens is 580 g/mol. The highest BCUT2D eigenvalue weighted by molar-refractivity contribution is 5.90. The Hall–Kier alpha value is -4.13. The first-order chi connectivity index (χ1) is 22.4. The van der Waals surface area contributed by atoms with Crippen molar-refractivity contribution in [1.29, 1.82) is 0 Å². The number of carboxylic acid groups (broad SMARTS) is 1. The van der Waals surface area contributed by atoms with Gasteiger partial charge in [0.25, 0.3) is 0 Å². The molecule has 2 atom stereocenters. The Labute approximate surface area is 272 Å². The molecule has 0 saturated heterocycles. The molecule has 7 heteroatoms. The van der Waals surface area contributed by atoms with Crippen LogP contribution < -0.4 is 4.74 Å². The quantitative estimate of drug-likeness (QED) is 0.134. The number of ether oxygens (including phenoxy) is 3. The minimum Gasteiger partial charge on any atom is -0.494 e. The summed E-state index contributed by atoms with van der Waals surface area (Å²) in [4.78, 5) is 37.1. The van der Waals surface area contributed by atoms with Gasteiger partial charge >= 0.3 is 17.9 Å². The van der Waals surface area contributed by atoms with Crippen LogP contribution in [0.1, 0.15) is 124 Å². The van der Waals surface area contributed by atoms with E-state index in [1.165, 1.54) is 44.9 Å². The van der Waals surface area contributed by atoms with E-state index in [0.717, 1.165) is 34.4 Å². The van der Waals surface area contributed by atoms with Gasteiger partial charge in [0.05, 0.1) is 23.3 Å². The molecule has 0 heterocycles. The van der Waals surface area contributed by atoms with Crippen molar-refractivity contribution in [3.05, 3.63) is 99.6 Å². The summed E-state index contributed by atoms with van der Waals surface area (Å²) in [6.45, 7) is 2.93. The molecular formula is C39H46O7. The minimum absolute atomic E-state index is 0.223. The maximum absolute atomic E-state index is 13.0. The molecule has 7 nitrogen and oxygen atoms in total. The van der Waals surface area contributed by atoms with Crippen molar-refractivity contribution in [2.45, 2.75) is 109 Å². The molecule has 5 rings (SSSR count). The first-order valence-corrected chi connectivity index (χ1v) is 17.0. The normalized spacial score (nSPS) is 17.0. The number of hydrogen-bond donors (Lipinski definition) is 1. The molecule has 0 aliphatic heterocycles. The van der Waals surface area contributed by atoms with Gasteiger partial charge in [-0.25, -0.2) is 14.4 Å². The van der Waals surface area contributed by atoms with Crippen molar-refractivity contribution in [3.63, 3.8) is 0 Å². The van der Waals surface area contributed by atoms with E-state index in [1.807, 2.05) is 30.3 Å². The monoisotopic (exact) mass is 626 g/mol. The summed E-state index contributed by atoms with van der Waals surface area (Å²) >= 11 is 0. The van der Waals surface area contributed by atoms with Crippen LogP contribution in [0.3, 0.4) is 0 Å². The van der Waals surface area contributed by atoms with Crippen LogP contribution >= 0.6 is 0 Å². The minimum atomic E-state index is -0.937. The number of fused-ring (bicyclic) bond motifs is 2. The number of benzene rings is 3. The summed E-state index contributed by atoms with van der Waals surface area (Å²) < 4.78 is 17.6. The Kier molecular flexibility index (Phi) is 11.9. The fourth-order valence-corrected chi connectivity index (χ4v) is 6.46. The third kappa shape index (κ3) is 9.21. The summed E-state index contributed by atoms with van der Waals surface area (Å²) in [5.74, 6) is -0.857. The van der Waals surface area contributed by atoms with Crippen molar-refractivity contribution < 1.29 is 33.7 Å². The third-order valence-corrected chi connectivity index (χ3v) is 9.17. The lowest BCUT2D eigenvalue weighted by Crippen LogP contribution is -2.27. The second-order valence-corrected chi connectivity index (χ2v) is 12.7. The zero-order chi connectivity index (χ0) is 32.3. The SMILES string of the molecule is CCCCCCCCCCOc1ccc(C(=O)OC2CCc3cc(C(=O)OC4CCc5cc(C(=O)O)ccc5C4)ccc3C2)cc1. The second kappa shape index (κ2) is 16.4. The van der Waals surface area contributed by atoms with E-state index >= 15 is 0 Å². The predicted octanol–water partition coefficient (Wildman–Crippen LogP) is 8.33. The van der Waals surface area contributed by atoms with Crippen LogP contribution in [-0.2, 0) is 35.2 Å². The number of carbonyl (C=O) groups is 3. The molecule has 0 radical (unpaired) electrons. The van der Waals surface area contributed by atoms with Crippen LogP contribution in [-0.4, -0.2) is 41.8 Å². The molecule has 0 aromatic heterocycles. The number of carboxylic acids is 1. The van der Waals surface area contributed by atoms with E-state index in [1.54, 1.807) is 30.3 Å². The summed E-state index contributed by atoms with van der Waals surface area (Å²) in [7, 11) is 0. The molecule has 0 spiro atoms. The van der Waals surface area contributed by atoms with Gasteiger partial charge in [0.15, 0.2) is 0 Å². The Bertz CT molecular complexity index is 1490. The fraction of sp³-hybridized carbons (Fsp3) is 0.462. The number of aryl methyl sites for hydroxylation is 2. The van der Waals surface area contributed by atoms with E-state index in [0.29, 0.717) is 56.3 Å². The molecule has 0 amide bonds. The molecule has 46 heavy (non-hydrogen) atoms. The van der Waals surface area contributed by atoms with Crippen molar-refractivity contribution in [2.24, 2.45) is 0 Å². The highest BCUT2D eigenvalue weighted by Crippen LogP contribution is 2.28. The molecule has 3 aromatic carbocycles. The second-order valence-electron chi connectivity index (χ2n) is 12.7. The largest absolute Gasteiger partial charge is 0.494 e. The van der Waals surface area contributed by atoms with E-state index in [9.17, 15) is 19.5 Å². The van der Waals surface area contributed by atoms with Gasteiger partial charge in [0.1, 0.15) is 18.0 Å². The lowest BCUT2D eigenvalue weighted by atomic mass is 9.88. The molecule has 244 valence electrons. The predicted molar refractivity (Wildman–Crippen MR) is 177 cm³/mol. The summed E-state index contributed by atoms with van der Waals surface area (Å²) in [6, 6.07) is 18.0. The van der Waals surface area contributed by atoms with E-state index < -0.39 is 5.97 Å². The fourth-order valence-electron chi connectivity index (χ4n) is 6.46. The van der Waals surface area contributed by atoms with Crippen LogP contribution in [0.4, 0.5) is 0 Å². The average Bonchev–Trinajstić information content (AvgIpc) is 3.07. The zero-order valence-corrected chi connectivity index (χ0v) is 26.9. The summed E-state index contributed by atoms with van der Waals surface area (Å²) in [6.07, 6.45) is 13.5. The number of carbonyl (C=O) groups excluding carboxylic acids is 2. The molecule has 0 saturated carbocycles. The highest BCUT2D eigenvalue weighted by Gasteiger charge is 2.26. The molecule has 0 bridgehead atoms. The van der Waals surface area contributed by atoms with Gasteiger partial charge in [0.2, 0.25) is 0 Å². The first-order valence-electron chi connectivity index (χ1n) is 17.0. The molecule has 0 fully saturated rings. The number of rotatable bonds is 15. The van der Waals surface area contributed by atoms with Crippen molar-refractivity contribution in [2.75, 3.05) is 6.61 Å². The van der Waals surface area contributed by atoms with Gasteiger partial charge in [-0.3, -0.25) is 0 Å². The Morgan fingerprint density at radius 3 is 1.72 bits per heavy atom. The molecule has 3 aromatic rings. The summed E-state index contributed by atoms with van der Waals surface area (Å²) in [5.41, 5.74) is 5.50. The Morgan fingerprint density at radius 2 is 1.13 bits per heavy atom. The number of esters is 2. The summed E-state index contributed by atoms with van der Waals surface area (Å²) in [5, 5.41) is 9.24. The van der Waals surface area contributed by atoms with E-state index in [-0.39, 0.29) is 29.7 Å². The molecule has 2 aliphatic rings. The van der Waals surface area contributed by atoms with Gasteiger partial charge in [-0.05, 0) is 103 Å². The lowest BCUT2D eigenvalue weighted by molar-refractivity contribution is 0.0267. The topological polar surface area (TPSA) is 99.1 Å². The maximum Gasteiger partial charge on any atom is 0.338 e. The van der Waals surface area contributed by atoms with Crippen LogP contribution in [0.5, 0.6) is 5.75 Å². The van der Waals surface area contributed by atoms with Crippen LogP contribution in [0.25, 0.3) is 0 Å². The lowest BCUT2D eigenvalue weighted by Gasteiger charge is -2.26. The van der Waals surface area contributed by atoms with Gasteiger partial charge in [-0.2, -0.15) is 0 Å². The first kappa shape index (κ1) is 33.2. The van der Waals surface area contributed by atoms with E-state index in [2.05, 4.69) is 6.92 Å². The number of unbranched alkanes of at least 4 members (excludes halogenated alkanes) is 7. The van der Waals surface area contributed by atoms with E-state index in [4.69, 9.17) is 14.2 Å². The zero-order valence-electron chi connectivity index (χ0n) is 26.9. The average molecular weight is 627 g/mol. The van der Waals surface area contributed by atoms with Crippen molar-refractivity contribution in [3.8, 4) is 5.75 Å².